The number of nitriles is 2. The zero-order chi connectivity index (χ0) is 26.3. The van der Waals surface area contributed by atoms with Gasteiger partial charge in [0, 0.05) is 11.8 Å². The van der Waals surface area contributed by atoms with Crippen molar-refractivity contribution in [3.63, 3.8) is 0 Å². The first-order chi connectivity index (χ1) is 17.2. The lowest BCUT2D eigenvalue weighted by Gasteiger charge is -2.59. The SMILES string of the molecule is COC(=O)C12CC(C)CC(C(=O)OC)(C1=O)C(c1ccc(C#N)cc1)C(C)C2c1ccc(C#N)cc1. The molecule has 184 valence electrons. The second kappa shape index (κ2) is 9.24. The molecule has 2 saturated carbocycles. The summed E-state index contributed by atoms with van der Waals surface area (Å²) in [4.78, 5) is 41.9. The Hall–Kier alpha value is -3.97. The average Bonchev–Trinajstić information content (AvgIpc) is 2.90. The van der Waals surface area contributed by atoms with Crippen LogP contribution >= 0.6 is 0 Å². The topological polar surface area (TPSA) is 117 Å². The fourth-order valence-electron chi connectivity index (χ4n) is 7.06. The summed E-state index contributed by atoms with van der Waals surface area (Å²) < 4.78 is 10.5. The number of ketones is 1. The molecular formula is C29H28N2O5. The van der Waals surface area contributed by atoms with Crippen molar-refractivity contribution in [2.75, 3.05) is 14.2 Å². The largest absolute Gasteiger partial charge is 0.468 e. The van der Waals surface area contributed by atoms with Gasteiger partial charge in [-0.1, -0.05) is 38.1 Å². The zero-order valence-corrected chi connectivity index (χ0v) is 20.8. The van der Waals surface area contributed by atoms with Crippen molar-refractivity contribution < 1.29 is 23.9 Å². The van der Waals surface area contributed by atoms with E-state index in [9.17, 15) is 24.9 Å². The lowest BCUT2D eigenvalue weighted by molar-refractivity contribution is -0.189. The van der Waals surface area contributed by atoms with Gasteiger partial charge in [0.1, 0.15) is 10.8 Å². The highest BCUT2D eigenvalue weighted by atomic mass is 16.5. The van der Waals surface area contributed by atoms with Gasteiger partial charge in [-0.3, -0.25) is 14.4 Å². The Morgan fingerprint density at radius 2 is 1.14 bits per heavy atom. The van der Waals surface area contributed by atoms with Crippen LogP contribution in [0.5, 0.6) is 0 Å². The molecule has 0 saturated heterocycles. The number of nitrogens with zero attached hydrogens (tertiary/aromatic N) is 2. The van der Waals surface area contributed by atoms with E-state index in [1.54, 1.807) is 48.5 Å². The number of fused-ring (bicyclic) bond motifs is 2. The number of hydrogen-bond acceptors (Lipinski definition) is 7. The van der Waals surface area contributed by atoms with E-state index in [2.05, 4.69) is 12.1 Å². The van der Waals surface area contributed by atoms with Gasteiger partial charge in [0.25, 0.3) is 0 Å². The summed E-state index contributed by atoms with van der Waals surface area (Å²) in [5.74, 6) is -3.53. The number of esters is 2. The van der Waals surface area contributed by atoms with Gasteiger partial charge < -0.3 is 9.47 Å². The van der Waals surface area contributed by atoms with E-state index in [0.717, 1.165) is 11.1 Å². The molecule has 0 aromatic heterocycles. The van der Waals surface area contributed by atoms with Crippen molar-refractivity contribution in [3.05, 3.63) is 70.8 Å². The monoisotopic (exact) mass is 484 g/mol. The fourth-order valence-corrected chi connectivity index (χ4v) is 7.06. The van der Waals surface area contributed by atoms with Crippen LogP contribution in [0.15, 0.2) is 48.5 Å². The molecule has 7 nitrogen and oxygen atoms in total. The second-order valence-corrected chi connectivity index (χ2v) is 10.1. The summed E-state index contributed by atoms with van der Waals surface area (Å²) in [6.07, 6.45) is 0.485. The number of hydrogen-bond donors (Lipinski definition) is 0. The average molecular weight is 485 g/mol. The highest BCUT2D eigenvalue weighted by Crippen LogP contribution is 2.67. The highest BCUT2D eigenvalue weighted by molar-refractivity contribution is 6.17. The van der Waals surface area contributed by atoms with Crippen LogP contribution in [0, 0.1) is 45.3 Å². The maximum atomic E-state index is 14.7. The van der Waals surface area contributed by atoms with Crippen molar-refractivity contribution in [1.29, 1.82) is 10.5 Å². The van der Waals surface area contributed by atoms with Crippen LogP contribution in [0.25, 0.3) is 0 Å². The molecule has 2 fully saturated rings. The third-order valence-electron chi connectivity index (χ3n) is 8.16. The van der Waals surface area contributed by atoms with Gasteiger partial charge in [-0.05, 0) is 60.1 Å². The van der Waals surface area contributed by atoms with Crippen LogP contribution in [0.2, 0.25) is 0 Å². The summed E-state index contributed by atoms with van der Waals surface area (Å²) in [6.45, 7) is 3.88. The quantitative estimate of drug-likeness (QED) is 0.470. The third-order valence-corrected chi connectivity index (χ3v) is 8.16. The van der Waals surface area contributed by atoms with Crippen LogP contribution in [-0.2, 0) is 23.9 Å². The Morgan fingerprint density at radius 1 is 0.778 bits per heavy atom. The number of Topliss-reactive ketones (excluding diaryl/α,β-unsaturated/α-hetero) is 1. The minimum absolute atomic E-state index is 0.157. The molecule has 0 amide bonds. The van der Waals surface area contributed by atoms with Gasteiger partial charge in [-0.15, -0.1) is 0 Å². The van der Waals surface area contributed by atoms with Crippen molar-refractivity contribution in [3.8, 4) is 12.1 Å². The highest BCUT2D eigenvalue weighted by Gasteiger charge is 2.74. The minimum Gasteiger partial charge on any atom is -0.468 e. The third kappa shape index (κ3) is 3.42. The molecule has 2 bridgehead atoms. The molecule has 0 spiro atoms. The lowest BCUT2D eigenvalue weighted by atomic mass is 9.40. The molecule has 0 aliphatic heterocycles. The Labute approximate surface area is 210 Å². The van der Waals surface area contributed by atoms with E-state index in [-0.39, 0.29) is 24.7 Å². The number of ether oxygens (including phenoxy) is 2. The van der Waals surface area contributed by atoms with Gasteiger partial charge >= 0.3 is 11.9 Å². The van der Waals surface area contributed by atoms with E-state index >= 15 is 0 Å². The van der Waals surface area contributed by atoms with Crippen LogP contribution in [0.4, 0.5) is 0 Å². The fraction of sp³-hybridized carbons (Fsp3) is 0.414. The number of carbonyl (C=O) groups excluding carboxylic acids is 3. The molecule has 2 aliphatic carbocycles. The van der Waals surface area contributed by atoms with E-state index in [1.165, 1.54) is 14.2 Å². The van der Waals surface area contributed by atoms with Crippen LogP contribution in [0.3, 0.4) is 0 Å². The Bertz CT molecular complexity index is 1190. The molecule has 2 aliphatic rings. The first-order valence-electron chi connectivity index (χ1n) is 11.9. The molecule has 7 heteroatoms. The Balaban J connectivity index is 2.05. The number of rotatable bonds is 4. The summed E-state index contributed by atoms with van der Waals surface area (Å²) in [5.41, 5.74) is -0.789. The molecule has 36 heavy (non-hydrogen) atoms. The maximum Gasteiger partial charge on any atom is 0.320 e. The Morgan fingerprint density at radius 3 is 1.44 bits per heavy atom. The number of benzene rings is 2. The summed E-state index contributed by atoms with van der Waals surface area (Å²) in [7, 11) is 2.52. The zero-order valence-electron chi connectivity index (χ0n) is 20.8. The molecule has 2 aromatic rings. The van der Waals surface area contributed by atoms with Gasteiger partial charge in [-0.25, -0.2) is 0 Å². The number of carbonyl (C=O) groups is 3. The van der Waals surface area contributed by atoms with E-state index in [1.807, 2.05) is 13.8 Å². The molecular weight excluding hydrogens is 456 g/mol. The van der Waals surface area contributed by atoms with Crippen LogP contribution < -0.4 is 0 Å². The number of methoxy groups -OCH3 is 2. The minimum atomic E-state index is -1.59. The summed E-state index contributed by atoms with van der Waals surface area (Å²) in [5, 5.41) is 18.6. The second-order valence-electron chi connectivity index (χ2n) is 10.1. The maximum absolute atomic E-state index is 14.7. The van der Waals surface area contributed by atoms with Crippen molar-refractivity contribution in [1.82, 2.24) is 0 Å². The van der Waals surface area contributed by atoms with Crippen LogP contribution in [0.1, 0.15) is 60.8 Å². The molecule has 0 N–H and O–H groups in total. The molecule has 4 atom stereocenters. The lowest BCUT2D eigenvalue weighted by Crippen LogP contribution is -2.67. The molecule has 4 rings (SSSR count). The van der Waals surface area contributed by atoms with Gasteiger partial charge in [-0.2, -0.15) is 10.5 Å². The van der Waals surface area contributed by atoms with E-state index in [0.29, 0.717) is 11.1 Å². The predicted molar refractivity (Wildman–Crippen MR) is 129 cm³/mol. The molecule has 4 unspecified atom stereocenters. The van der Waals surface area contributed by atoms with Crippen molar-refractivity contribution >= 4 is 17.7 Å². The summed E-state index contributed by atoms with van der Waals surface area (Å²) in [6, 6.07) is 18.0. The van der Waals surface area contributed by atoms with Crippen molar-refractivity contribution in [2.24, 2.45) is 22.7 Å². The van der Waals surface area contributed by atoms with Gasteiger partial charge in [0.05, 0.1) is 37.5 Å². The Kier molecular flexibility index (Phi) is 6.45. The van der Waals surface area contributed by atoms with Gasteiger partial charge in [0.2, 0.25) is 0 Å². The first-order valence-corrected chi connectivity index (χ1v) is 11.9. The molecule has 0 radical (unpaired) electrons. The van der Waals surface area contributed by atoms with Gasteiger partial charge in [0.15, 0.2) is 5.78 Å². The molecule has 2 aromatic carbocycles. The van der Waals surface area contributed by atoms with E-state index in [4.69, 9.17) is 9.47 Å². The van der Waals surface area contributed by atoms with E-state index < -0.39 is 40.4 Å². The molecule has 0 heterocycles. The van der Waals surface area contributed by atoms with Crippen molar-refractivity contribution in [2.45, 2.75) is 38.5 Å². The summed E-state index contributed by atoms with van der Waals surface area (Å²) >= 11 is 0. The smallest absolute Gasteiger partial charge is 0.320 e. The standard InChI is InChI=1S/C29H28N2O5/c1-17-13-28(26(33)35-3)23(21-9-5-19(15-30)6-10-21)18(2)24(22-11-7-20(16-31)8-12-22)29(14-17,25(28)32)27(34)36-4/h5-12,17-18,23-24H,13-14H2,1-4H3. The predicted octanol–water partition coefficient (Wildman–Crippen LogP) is 4.26. The normalized spacial score (nSPS) is 31.0. The van der Waals surface area contributed by atoms with Crippen LogP contribution in [-0.4, -0.2) is 31.9 Å². The first kappa shape index (κ1) is 25.1.